The molecule has 2 heteroatoms. The summed E-state index contributed by atoms with van der Waals surface area (Å²) in [6.45, 7) is 0. The second-order valence-corrected chi connectivity index (χ2v) is 5.05. The van der Waals surface area contributed by atoms with E-state index in [4.69, 9.17) is 0 Å². The maximum atomic E-state index is 3.59. The van der Waals surface area contributed by atoms with Crippen LogP contribution in [0.4, 0.5) is 0 Å². The van der Waals surface area contributed by atoms with Crippen molar-refractivity contribution in [1.29, 1.82) is 0 Å². The molecule has 0 aliphatic heterocycles. The van der Waals surface area contributed by atoms with Gasteiger partial charge in [0.1, 0.15) is 0 Å². The van der Waals surface area contributed by atoms with Gasteiger partial charge in [0, 0.05) is 9.65 Å². The van der Waals surface area contributed by atoms with Crippen LogP contribution in [0.1, 0.15) is 25.7 Å². The Hall–Kier alpha value is 0.700. The molecular weight excluding hydrogens is 256 g/mol. The molecule has 0 spiro atoms. The van der Waals surface area contributed by atoms with Crippen molar-refractivity contribution in [3.8, 4) is 0 Å². The highest BCUT2D eigenvalue weighted by Gasteiger charge is 2.06. The number of alkyl halides is 2. The third-order valence-electron chi connectivity index (χ3n) is 1.74. The smallest absolute Gasteiger partial charge is 0.0325 e. The third kappa shape index (κ3) is 3.20. The van der Waals surface area contributed by atoms with Crippen LogP contribution < -0.4 is 0 Å². The zero-order valence-corrected chi connectivity index (χ0v) is 9.07. The first kappa shape index (κ1) is 8.79. The molecule has 0 N–H and O–H groups in total. The summed E-state index contributed by atoms with van der Waals surface area (Å²) in [6, 6.07) is 0. The van der Waals surface area contributed by atoms with E-state index < -0.39 is 0 Å². The van der Waals surface area contributed by atoms with Crippen LogP contribution in [-0.4, -0.2) is 9.65 Å². The summed E-state index contributed by atoms with van der Waals surface area (Å²) in [5.41, 5.74) is 0. The zero-order valence-electron chi connectivity index (χ0n) is 5.89. The van der Waals surface area contributed by atoms with Crippen molar-refractivity contribution < 1.29 is 0 Å². The number of allylic oxidation sites excluding steroid dienone is 2. The molecule has 2 unspecified atom stereocenters. The van der Waals surface area contributed by atoms with Gasteiger partial charge in [0.05, 0.1) is 0 Å². The quantitative estimate of drug-likeness (QED) is 0.464. The lowest BCUT2D eigenvalue weighted by Gasteiger charge is -2.11. The molecule has 1 rings (SSSR count). The van der Waals surface area contributed by atoms with Crippen LogP contribution in [0, 0.1) is 0 Å². The van der Waals surface area contributed by atoms with Crippen molar-refractivity contribution in [3.63, 3.8) is 0 Å². The number of halogens is 2. The van der Waals surface area contributed by atoms with E-state index in [1.54, 1.807) is 0 Å². The van der Waals surface area contributed by atoms with Crippen LogP contribution in [0.15, 0.2) is 12.2 Å². The van der Waals surface area contributed by atoms with E-state index >= 15 is 0 Å². The Morgan fingerprint density at radius 3 is 1.70 bits per heavy atom. The fraction of sp³-hybridized carbons (Fsp3) is 0.750. The first-order chi connectivity index (χ1) is 4.79. The first-order valence-corrected chi connectivity index (χ1v) is 5.58. The molecule has 0 saturated carbocycles. The summed E-state index contributed by atoms with van der Waals surface area (Å²) in [5, 5.41) is 0. The van der Waals surface area contributed by atoms with Gasteiger partial charge in [-0.05, 0) is 12.8 Å². The maximum Gasteiger partial charge on any atom is 0.0325 e. The fourth-order valence-corrected chi connectivity index (χ4v) is 2.11. The van der Waals surface area contributed by atoms with Crippen LogP contribution in [0.5, 0.6) is 0 Å². The number of rotatable bonds is 0. The van der Waals surface area contributed by atoms with E-state index in [2.05, 4.69) is 44.0 Å². The van der Waals surface area contributed by atoms with Gasteiger partial charge in [-0.2, -0.15) is 0 Å². The van der Waals surface area contributed by atoms with Crippen LogP contribution in [0.3, 0.4) is 0 Å². The molecule has 0 aromatic heterocycles. The van der Waals surface area contributed by atoms with Gasteiger partial charge in [0.2, 0.25) is 0 Å². The molecule has 0 aromatic carbocycles. The van der Waals surface area contributed by atoms with Crippen molar-refractivity contribution >= 4 is 31.9 Å². The van der Waals surface area contributed by atoms with Crippen molar-refractivity contribution in [1.82, 2.24) is 0 Å². The summed E-state index contributed by atoms with van der Waals surface area (Å²) in [5.74, 6) is 0. The maximum absolute atomic E-state index is 3.59. The average molecular weight is 268 g/mol. The molecule has 58 valence electrons. The standard InChI is InChI=1S/C8H12Br2/c9-7-3-1-2-4-8(10)6-5-7/h5-8H,1-4H2. The molecule has 0 saturated heterocycles. The highest BCUT2D eigenvalue weighted by molar-refractivity contribution is 9.10. The van der Waals surface area contributed by atoms with Gasteiger partial charge in [-0.25, -0.2) is 0 Å². The minimum atomic E-state index is 0.604. The van der Waals surface area contributed by atoms with Crippen molar-refractivity contribution in [3.05, 3.63) is 12.2 Å². The Balaban J connectivity index is 2.42. The summed E-state index contributed by atoms with van der Waals surface area (Å²) < 4.78 is 0. The van der Waals surface area contributed by atoms with E-state index in [0.717, 1.165) is 0 Å². The molecule has 1 aliphatic rings. The number of hydrogen-bond acceptors (Lipinski definition) is 0. The Labute approximate surface area is 79.3 Å². The van der Waals surface area contributed by atoms with Crippen molar-refractivity contribution in [2.75, 3.05) is 0 Å². The normalized spacial score (nSPS) is 35.0. The molecule has 1 aliphatic carbocycles. The molecule has 0 radical (unpaired) electrons. The molecule has 2 atom stereocenters. The Kier molecular flexibility index (Phi) is 4.00. The third-order valence-corrected chi connectivity index (χ3v) is 3.26. The molecule has 0 nitrogen and oxygen atoms in total. The van der Waals surface area contributed by atoms with Crippen LogP contribution >= 0.6 is 31.9 Å². The lowest BCUT2D eigenvalue weighted by molar-refractivity contribution is 0.655. The van der Waals surface area contributed by atoms with E-state index in [1.165, 1.54) is 25.7 Å². The summed E-state index contributed by atoms with van der Waals surface area (Å²) >= 11 is 7.19. The van der Waals surface area contributed by atoms with Gasteiger partial charge in [-0.3, -0.25) is 0 Å². The molecule has 0 heterocycles. The van der Waals surface area contributed by atoms with Crippen LogP contribution in [0.2, 0.25) is 0 Å². The van der Waals surface area contributed by atoms with Gasteiger partial charge in [0.15, 0.2) is 0 Å². The SMILES string of the molecule is BrC1C=CC(Br)CCCC1. The average Bonchev–Trinajstić information content (AvgIpc) is 1.90. The van der Waals surface area contributed by atoms with E-state index in [1.807, 2.05) is 0 Å². The van der Waals surface area contributed by atoms with Crippen molar-refractivity contribution in [2.24, 2.45) is 0 Å². The van der Waals surface area contributed by atoms with E-state index in [0.29, 0.717) is 9.65 Å². The Morgan fingerprint density at radius 2 is 1.30 bits per heavy atom. The summed E-state index contributed by atoms with van der Waals surface area (Å²) in [7, 11) is 0. The van der Waals surface area contributed by atoms with Crippen LogP contribution in [0.25, 0.3) is 0 Å². The highest BCUT2D eigenvalue weighted by atomic mass is 79.9. The van der Waals surface area contributed by atoms with Crippen LogP contribution in [-0.2, 0) is 0 Å². The predicted molar refractivity (Wildman–Crippen MR) is 53.0 cm³/mol. The lowest BCUT2D eigenvalue weighted by Crippen LogP contribution is -2.01. The molecule has 10 heavy (non-hydrogen) atoms. The Bertz CT molecular complexity index is 106. The summed E-state index contributed by atoms with van der Waals surface area (Å²) in [4.78, 5) is 1.21. The fourth-order valence-electron chi connectivity index (χ4n) is 1.11. The van der Waals surface area contributed by atoms with Gasteiger partial charge in [-0.15, -0.1) is 0 Å². The second-order valence-electron chi connectivity index (χ2n) is 2.70. The minimum Gasteiger partial charge on any atom is -0.0845 e. The minimum absolute atomic E-state index is 0.604. The lowest BCUT2D eigenvalue weighted by atomic mass is 10.1. The summed E-state index contributed by atoms with van der Waals surface area (Å²) in [6.07, 6.45) is 9.77. The largest absolute Gasteiger partial charge is 0.0845 e. The monoisotopic (exact) mass is 266 g/mol. The first-order valence-electron chi connectivity index (χ1n) is 3.75. The molecule has 0 aromatic rings. The zero-order chi connectivity index (χ0) is 7.40. The van der Waals surface area contributed by atoms with Crippen molar-refractivity contribution in [2.45, 2.75) is 35.3 Å². The second kappa shape index (κ2) is 4.55. The van der Waals surface area contributed by atoms with E-state index in [-0.39, 0.29) is 0 Å². The topological polar surface area (TPSA) is 0 Å². The van der Waals surface area contributed by atoms with Gasteiger partial charge < -0.3 is 0 Å². The molecular formula is C8H12Br2. The number of hydrogen-bond donors (Lipinski definition) is 0. The molecule has 0 bridgehead atoms. The Morgan fingerprint density at radius 1 is 0.900 bits per heavy atom. The molecule has 0 fully saturated rings. The molecule has 0 amide bonds. The van der Waals surface area contributed by atoms with E-state index in [9.17, 15) is 0 Å². The van der Waals surface area contributed by atoms with Gasteiger partial charge in [-0.1, -0.05) is 56.9 Å². The van der Waals surface area contributed by atoms with Gasteiger partial charge in [0.25, 0.3) is 0 Å². The predicted octanol–water partition coefficient (Wildman–Crippen LogP) is 3.64. The highest BCUT2D eigenvalue weighted by Crippen LogP contribution is 2.20. The van der Waals surface area contributed by atoms with Gasteiger partial charge >= 0.3 is 0 Å².